The SMILES string of the molecule is COC(C)OC1(O)CCCCC1(OC(C)=O)OC(C)=O. The fourth-order valence-electron chi connectivity index (χ4n) is 2.33. The third kappa shape index (κ3) is 3.68. The lowest BCUT2D eigenvalue weighted by Crippen LogP contribution is -2.63. The Hall–Kier alpha value is -1.18. The van der Waals surface area contributed by atoms with E-state index in [1.54, 1.807) is 6.92 Å². The average molecular weight is 290 g/mol. The van der Waals surface area contributed by atoms with Crippen LogP contribution in [0.5, 0.6) is 0 Å². The highest BCUT2D eigenvalue weighted by Crippen LogP contribution is 2.43. The molecule has 116 valence electrons. The van der Waals surface area contributed by atoms with E-state index in [1.807, 2.05) is 0 Å². The van der Waals surface area contributed by atoms with Crippen LogP contribution in [0.4, 0.5) is 0 Å². The Morgan fingerprint density at radius 1 is 1.10 bits per heavy atom. The van der Waals surface area contributed by atoms with Gasteiger partial charge in [0.2, 0.25) is 5.79 Å². The highest BCUT2D eigenvalue weighted by molar-refractivity contribution is 5.69. The van der Waals surface area contributed by atoms with Gasteiger partial charge in [0.25, 0.3) is 0 Å². The largest absolute Gasteiger partial charge is 0.417 e. The summed E-state index contributed by atoms with van der Waals surface area (Å²) >= 11 is 0. The molecule has 2 unspecified atom stereocenters. The van der Waals surface area contributed by atoms with Gasteiger partial charge in [-0.05, 0) is 19.8 Å². The summed E-state index contributed by atoms with van der Waals surface area (Å²) in [7, 11) is 1.41. The lowest BCUT2D eigenvalue weighted by Gasteiger charge is -2.47. The van der Waals surface area contributed by atoms with Crippen LogP contribution in [0.1, 0.15) is 46.5 Å². The Kier molecular flexibility index (Phi) is 5.50. The molecule has 1 N–H and O–H groups in total. The number of carbonyl (C=O) groups excluding carboxylic acids is 2. The van der Waals surface area contributed by atoms with Crippen molar-refractivity contribution in [2.24, 2.45) is 0 Å². The predicted octanol–water partition coefficient (Wildman–Crippen LogP) is 1.08. The first kappa shape index (κ1) is 16.9. The van der Waals surface area contributed by atoms with Crippen molar-refractivity contribution in [3.05, 3.63) is 0 Å². The summed E-state index contributed by atoms with van der Waals surface area (Å²) in [6, 6.07) is 0. The first-order valence-electron chi connectivity index (χ1n) is 6.57. The summed E-state index contributed by atoms with van der Waals surface area (Å²) in [6.07, 6.45) is 0.870. The summed E-state index contributed by atoms with van der Waals surface area (Å²) in [5, 5.41) is 10.7. The van der Waals surface area contributed by atoms with E-state index >= 15 is 0 Å². The molecule has 7 nitrogen and oxygen atoms in total. The predicted molar refractivity (Wildman–Crippen MR) is 67.2 cm³/mol. The molecular weight excluding hydrogens is 268 g/mol. The first-order chi connectivity index (χ1) is 9.24. The molecule has 1 fully saturated rings. The van der Waals surface area contributed by atoms with Crippen molar-refractivity contribution in [2.75, 3.05) is 7.11 Å². The summed E-state index contributed by atoms with van der Waals surface area (Å²) in [5.41, 5.74) is 0. The van der Waals surface area contributed by atoms with E-state index in [0.29, 0.717) is 12.8 Å². The Morgan fingerprint density at radius 2 is 1.60 bits per heavy atom. The maximum Gasteiger partial charge on any atom is 0.310 e. The molecule has 20 heavy (non-hydrogen) atoms. The van der Waals surface area contributed by atoms with Crippen LogP contribution in [0, 0.1) is 0 Å². The van der Waals surface area contributed by atoms with Crippen molar-refractivity contribution in [3.63, 3.8) is 0 Å². The molecule has 0 aromatic rings. The second-order valence-electron chi connectivity index (χ2n) is 4.85. The van der Waals surface area contributed by atoms with Crippen LogP contribution in [0.2, 0.25) is 0 Å². The highest BCUT2D eigenvalue weighted by atomic mass is 16.8. The van der Waals surface area contributed by atoms with Crippen molar-refractivity contribution < 1.29 is 33.6 Å². The smallest absolute Gasteiger partial charge is 0.310 e. The average Bonchev–Trinajstić information content (AvgIpc) is 2.31. The number of hydrogen-bond acceptors (Lipinski definition) is 7. The van der Waals surface area contributed by atoms with E-state index in [-0.39, 0.29) is 12.8 Å². The molecule has 1 rings (SSSR count). The van der Waals surface area contributed by atoms with E-state index in [4.69, 9.17) is 18.9 Å². The first-order valence-corrected chi connectivity index (χ1v) is 6.57. The van der Waals surface area contributed by atoms with Gasteiger partial charge < -0.3 is 24.1 Å². The van der Waals surface area contributed by atoms with Gasteiger partial charge in [-0.15, -0.1) is 0 Å². The van der Waals surface area contributed by atoms with E-state index in [0.717, 1.165) is 0 Å². The minimum atomic E-state index is -1.93. The van der Waals surface area contributed by atoms with Gasteiger partial charge in [-0.2, -0.15) is 0 Å². The number of rotatable bonds is 5. The summed E-state index contributed by atoms with van der Waals surface area (Å²) in [5.74, 6) is -5.10. The molecule has 7 heteroatoms. The summed E-state index contributed by atoms with van der Waals surface area (Å²) in [4.78, 5) is 22.7. The van der Waals surface area contributed by atoms with Crippen LogP contribution in [0.25, 0.3) is 0 Å². The molecule has 0 aliphatic heterocycles. The van der Waals surface area contributed by atoms with Gasteiger partial charge in [0.05, 0.1) is 0 Å². The molecule has 0 radical (unpaired) electrons. The van der Waals surface area contributed by atoms with Crippen LogP contribution in [0.15, 0.2) is 0 Å². The van der Waals surface area contributed by atoms with Crippen LogP contribution in [-0.4, -0.2) is 42.0 Å². The van der Waals surface area contributed by atoms with Gasteiger partial charge in [0, 0.05) is 33.8 Å². The number of carbonyl (C=O) groups is 2. The number of ether oxygens (including phenoxy) is 4. The zero-order chi connectivity index (χ0) is 15.4. The van der Waals surface area contributed by atoms with Gasteiger partial charge in [-0.25, -0.2) is 0 Å². The quantitative estimate of drug-likeness (QED) is 0.598. The molecule has 0 bridgehead atoms. The Bertz CT molecular complexity index is 352. The lowest BCUT2D eigenvalue weighted by atomic mass is 9.87. The number of hydrogen-bond donors (Lipinski definition) is 1. The maximum absolute atomic E-state index is 11.3. The van der Waals surface area contributed by atoms with Crippen molar-refractivity contribution in [2.45, 2.75) is 64.3 Å². The van der Waals surface area contributed by atoms with Crippen LogP contribution in [0.3, 0.4) is 0 Å². The molecule has 1 aliphatic carbocycles. The number of methoxy groups -OCH3 is 1. The fraction of sp³-hybridized carbons (Fsp3) is 0.846. The topological polar surface area (TPSA) is 91.3 Å². The van der Waals surface area contributed by atoms with Crippen molar-refractivity contribution in [1.29, 1.82) is 0 Å². The van der Waals surface area contributed by atoms with Gasteiger partial charge >= 0.3 is 17.7 Å². The molecule has 0 saturated heterocycles. The van der Waals surface area contributed by atoms with Crippen molar-refractivity contribution in [3.8, 4) is 0 Å². The van der Waals surface area contributed by atoms with E-state index in [1.165, 1.54) is 21.0 Å². The van der Waals surface area contributed by atoms with Crippen LogP contribution in [-0.2, 0) is 28.5 Å². The zero-order valence-corrected chi connectivity index (χ0v) is 12.3. The second kappa shape index (κ2) is 6.51. The Balaban J connectivity index is 3.11. The standard InChI is InChI=1S/C13H22O7/c1-9(14)18-13(19-10(2)15)8-6-5-7-12(13,16)20-11(3)17-4/h11,16H,5-8H2,1-4H3. The molecule has 0 aromatic carbocycles. The highest BCUT2D eigenvalue weighted by Gasteiger charge is 2.60. The Morgan fingerprint density at radius 3 is 2.05 bits per heavy atom. The zero-order valence-electron chi connectivity index (χ0n) is 12.3. The van der Waals surface area contributed by atoms with Crippen LogP contribution < -0.4 is 0 Å². The third-order valence-corrected chi connectivity index (χ3v) is 3.18. The maximum atomic E-state index is 11.3. The minimum absolute atomic E-state index is 0.166. The number of esters is 2. The van der Waals surface area contributed by atoms with Gasteiger partial charge in [-0.1, -0.05) is 0 Å². The third-order valence-electron chi connectivity index (χ3n) is 3.18. The van der Waals surface area contributed by atoms with Crippen molar-refractivity contribution >= 4 is 11.9 Å². The minimum Gasteiger partial charge on any atom is -0.417 e. The van der Waals surface area contributed by atoms with Gasteiger partial charge in [-0.3, -0.25) is 9.59 Å². The monoisotopic (exact) mass is 290 g/mol. The van der Waals surface area contributed by atoms with Gasteiger partial charge in [0.15, 0.2) is 6.29 Å². The van der Waals surface area contributed by atoms with E-state index < -0.39 is 29.8 Å². The molecule has 0 heterocycles. The second-order valence-corrected chi connectivity index (χ2v) is 4.85. The molecule has 0 spiro atoms. The summed E-state index contributed by atoms with van der Waals surface area (Å²) in [6.45, 7) is 3.94. The van der Waals surface area contributed by atoms with E-state index in [9.17, 15) is 14.7 Å². The summed E-state index contributed by atoms with van der Waals surface area (Å²) < 4.78 is 20.7. The molecule has 0 amide bonds. The molecule has 1 saturated carbocycles. The van der Waals surface area contributed by atoms with Gasteiger partial charge in [0.1, 0.15) is 0 Å². The molecule has 1 aliphatic rings. The van der Waals surface area contributed by atoms with Crippen LogP contribution >= 0.6 is 0 Å². The molecular formula is C13H22O7. The number of aliphatic hydroxyl groups is 1. The van der Waals surface area contributed by atoms with E-state index in [2.05, 4.69) is 0 Å². The van der Waals surface area contributed by atoms with Crippen molar-refractivity contribution in [1.82, 2.24) is 0 Å². The fourth-order valence-corrected chi connectivity index (χ4v) is 2.33. The normalized spacial score (nSPS) is 26.6. The molecule has 2 atom stereocenters. The lowest BCUT2D eigenvalue weighted by molar-refractivity contribution is -0.411. The Labute approximate surface area is 118 Å². The molecule has 0 aromatic heterocycles.